The number of alkyl halides is 3. The molecule has 1 aromatic heterocycles. The lowest BCUT2D eigenvalue weighted by molar-refractivity contribution is -0.137. The number of carbonyl (C=O) groups excluding carboxylic acids is 1. The maximum atomic E-state index is 14.7. The second-order valence-corrected chi connectivity index (χ2v) is 7.68. The van der Waals surface area contributed by atoms with Crippen molar-refractivity contribution in [3.05, 3.63) is 81.9 Å². The number of hydrogen-bond acceptors (Lipinski definition) is 4. The van der Waals surface area contributed by atoms with Crippen molar-refractivity contribution in [3.8, 4) is 0 Å². The van der Waals surface area contributed by atoms with Gasteiger partial charge in [-0.1, -0.05) is 6.07 Å². The van der Waals surface area contributed by atoms with Gasteiger partial charge in [0.15, 0.2) is 0 Å². The number of hydrogen-bond donors (Lipinski definition) is 3. The molecule has 2 amide bonds. The average molecular weight is 448 g/mol. The Morgan fingerprint density at radius 1 is 1.06 bits per heavy atom. The first kappa shape index (κ1) is 20.9. The highest BCUT2D eigenvalue weighted by Gasteiger charge is 2.30. The predicted molar refractivity (Wildman–Crippen MR) is 113 cm³/mol. The standard InChI is InChI=1S/C21H16F4N4OS/c22-16-11-14(28-20(30)27-13-3-1-2-12(10-13)21(23,24)25)4-5-17(16)29-8-6-18-15(19(29)26)7-9-31-18/h1-11,19H,26H2,(H2,27,28,30). The lowest BCUT2D eigenvalue weighted by Gasteiger charge is -2.31. The average Bonchev–Trinajstić information content (AvgIpc) is 3.18. The Balaban J connectivity index is 1.46. The summed E-state index contributed by atoms with van der Waals surface area (Å²) in [6, 6.07) is 9.36. The molecule has 1 unspecified atom stereocenters. The van der Waals surface area contributed by atoms with Crippen LogP contribution in [0.25, 0.3) is 6.08 Å². The molecule has 2 aromatic carbocycles. The van der Waals surface area contributed by atoms with Crippen molar-refractivity contribution >= 4 is 40.5 Å². The van der Waals surface area contributed by atoms with E-state index >= 15 is 0 Å². The van der Waals surface area contributed by atoms with E-state index in [1.165, 1.54) is 35.6 Å². The zero-order valence-electron chi connectivity index (χ0n) is 15.8. The van der Waals surface area contributed by atoms with Crippen LogP contribution in [-0.2, 0) is 6.18 Å². The summed E-state index contributed by atoms with van der Waals surface area (Å²) in [5.74, 6) is -0.615. The van der Waals surface area contributed by atoms with E-state index in [0.717, 1.165) is 28.6 Å². The van der Waals surface area contributed by atoms with Crippen LogP contribution in [0.3, 0.4) is 0 Å². The topological polar surface area (TPSA) is 70.4 Å². The van der Waals surface area contributed by atoms with E-state index in [1.807, 2.05) is 17.5 Å². The molecule has 5 nitrogen and oxygen atoms in total. The summed E-state index contributed by atoms with van der Waals surface area (Å²) in [6.07, 6.45) is -1.54. The van der Waals surface area contributed by atoms with Gasteiger partial charge in [-0.15, -0.1) is 11.3 Å². The van der Waals surface area contributed by atoms with Gasteiger partial charge in [0, 0.05) is 28.0 Å². The summed E-state index contributed by atoms with van der Waals surface area (Å²) >= 11 is 1.54. The molecule has 3 aromatic rings. The van der Waals surface area contributed by atoms with Crippen LogP contribution in [0.2, 0.25) is 0 Å². The van der Waals surface area contributed by atoms with E-state index in [2.05, 4.69) is 10.6 Å². The number of halogens is 4. The van der Waals surface area contributed by atoms with Crippen molar-refractivity contribution in [2.45, 2.75) is 12.3 Å². The molecule has 0 spiro atoms. The van der Waals surface area contributed by atoms with Crippen molar-refractivity contribution in [1.29, 1.82) is 0 Å². The Kier molecular flexibility index (Phi) is 5.42. The lowest BCUT2D eigenvalue weighted by Crippen LogP contribution is -2.32. The first-order valence-electron chi connectivity index (χ1n) is 9.07. The number of anilines is 3. The summed E-state index contributed by atoms with van der Waals surface area (Å²) < 4.78 is 53.1. The molecule has 0 aliphatic carbocycles. The number of benzene rings is 2. The zero-order valence-corrected chi connectivity index (χ0v) is 16.6. The van der Waals surface area contributed by atoms with Gasteiger partial charge in [-0.05, 0) is 53.9 Å². The first-order chi connectivity index (χ1) is 14.7. The molecular formula is C21H16F4N4OS. The van der Waals surface area contributed by atoms with Crippen LogP contribution in [0.1, 0.15) is 22.2 Å². The molecule has 160 valence electrons. The van der Waals surface area contributed by atoms with E-state index in [9.17, 15) is 22.4 Å². The molecule has 4 N–H and O–H groups in total. The van der Waals surface area contributed by atoms with Gasteiger partial charge in [-0.3, -0.25) is 0 Å². The Bertz CT molecular complexity index is 1160. The fourth-order valence-electron chi connectivity index (χ4n) is 3.19. The number of urea groups is 1. The molecular weight excluding hydrogens is 432 g/mol. The summed E-state index contributed by atoms with van der Waals surface area (Å²) in [5, 5.41) is 6.61. The molecule has 0 fully saturated rings. The summed E-state index contributed by atoms with van der Waals surface area (Å²) in [6.45, 7) is 0. The molecule has 10 heteroatoms. The second kappa shape index (κ2) is 8.05. The van der Waals surface area contributed by atoms with Crippen LogP contribution < -0.4 is 21.3 Å². The molecule has 1 aliphatic heterocycles. The number of amides is 2. The molecule has 2 heterocycles. The van der Waals surface area contributed by atoms with Crippen LogP contribution >= 0.6 is 11.3 Å². The third kappa shape index (κ3) is 4.39. The molecule has 0 saturated heterocycles. The minimum atomic E-state index is -4.53. The van der Waals surface area contributed by atoms with Gasteiger partial charge in [0.25, 0.3) is 0 Å². The van der Waals surface area contributed by atoms with E-state index in [-0.39, 0.29) is 17.1 Å². The number of rotatable bonds is 3. The molecule has 0 bridgehead atoms. The molecule has 0 saturated carbocycles. The second-order valence-electron chi connectivity index (χ2n) is 6.73. The van der Waals surface area contributed by atoms with E-state index in [1.54, 1.807) is 11.1 Å². The maximum Gasteiger partial charge on any atom is 0.416 e. The third-order valence-electron chi connectivity index (χ3n) is 4.66. The number of carbonyl (C=O) groups is 1. The molecule has 1 atom stereocenters. The Morgan fingerprint density at radius 2 is 1.81 bits per heavy atom. The maximum absolute atomic E-state index is 14.7. The lowest BCUT2D eigenvalue weighted by atomic mass is 10.1. The molecule has 0 radical (unpaired) electrons. The molecule has 31 heavy (non-hydrogen) atoms. The molecule has 1 aliphatic rings. The summed E-state index contributed by atoms with van der Waals surface area (Å²) in [7, 11) is 0. The fraction of sp³-hybridized carbons (Fsp3) is 0.0952. The van der Waals surface area contributed by atoms with Crippen LogP contribution in [0.15, 0.2) is 60.1 Å². The largest absolute Gasteiger partial charge is 0.416 e. The first-order valence-corrected chi connectivity index (χ1v) is 9.94. The van der Waals surface area contributed by atoms with Crippen molar-refractivity contribution in [3.63, 3.8) is 0 Å². The SMILES string of the molecule is NC1c2ccsc2C=CN1c1ccc(NC(=O)Nc2cccc(C(F)(F)F)c2)cc1F. The van der Waals surface area contributed by atoms with Gasteiger partial charge in [-0.25, -0.2) is 9.18 Å². The quantitative estimate of drug-likeness (QED) is 0.431. The van der Waals surface area contributed by atoms with E-state index in [4.69, 9.17) is 5.73 Å². The smallest absolute Gasteiger partial charge is 0.325 e. The summed E-state index contributed by atoms with van der Waals surface area (Å²) in [4.78, 5) is 14.7. The summed E-state index contributed by atoms with van der Waals surface area (Å²) in [5.41, 5.74) is 6.55. The minimum absolute atomic E-state index is 0.0413. The van der Waals surface area contributed by atoms with Crippen LogP contribution in [0.4, 0.5) is 39.4 Å². The van der Waals surface area contributed by atoms with E-state index < -0.39 is 29.8 Å². The van der Waals surface area contributed by atoms with Gasteiger partial charge in [0.2, 0.25) is 0 Å². The number of thiophene rings is 1. The number of nitrogens with two attached hydrogens (primary N) is 1. The van der Waals surface area contributed by atoms with Crippen LogP contribution in [0.5, 0.6) is 0 Å². The highest BCUT2D eigenvalue weighted by molar-refractivity contribution is 7.11. The number of nitrogens with zero attached hydrogens (tertiary/aromatic N) is 1. The molecule has 4 rings (SSSR count). The van der Waals surface area contributed by atoms with Gasteiger partial charge < -0.3 is 21.3 Å². The number of nitrogens with one attached hydrogen (secondary N) is 2. The van der Waals surface area contributed by atoms with Gasteiger partial charge in [-0.2, -0.15) is 13.2 Å². The minimum Gasteiger partial charge on any atom is -0.325 e. The predicted octanol–water partition coefficient (Wildman–Crippen LogP) is 6.00. The van der Waals surface area contributed by atoms with Crippen molar-refractivity contribution < 1.29 is 22.4 Å². The Morgan fingerprint density at radius 3 is 2.52 bits per heavy atom. The van der Waals surface area contributed by atoms with Gasteiger partial charge in [0.1, 0.15) is 12.0 Å². The van der Waals surface area contributed by atoms with Crippen molar-refractivity contribution in [2.75, 3.05) is 15.5 Å². The van der Waals surface area contributed by atoms with Crippen molar-refractivity contribution in [2.24, 2.45) is 5.73 Å². The Labute approximate surface area is 178 Å². The van der Waals surface area contributed by atoms with Gasteiger partial charge >= 0.3 is 12.2 Å². The highest BCUT2D eigenvalue weighted by atomic mass is 32.1. The zero-order chi connectivity index (χ0) is 22.2. The highest BCUT2D eigenvalue weighted by Crippen LogP contribution is 2.36. The van der Waals surface area contributed by atoms with Crippen LogP contribution in [-0.4, -0.2) is 6.03 Å². The number of fused-ring (bicyclic) bond motifs is 1. The monoisotopic (exact) mass is 448 g/mol. The van der Waals surface area contributed by atoms with E-state index in [0.29, 0.717) is 0 Å². The van der Waals surface area contributed by atoms with Crippen LogP contribution in [0, 0.1) is 5.82 Å². The van der Waals surface area contributed by atoms with Gasteiger partial charge in [0.05, 0.1) is 11.3 Å². The van der Waals surface area contributed by atoms with Crippen molar-refractivity contribution in [1.82, 2.24) is 0 Å². The Hall–Kier alpha value is -3.37. The fourth-order valence-corrected chi connectivity index (χ4v) is 4.02. The third-order valence-corrected chi connectivity index (χ3v) is 5.56. The normalized spacial score (nSPS) is 15.5.